The van der Waals surface area contributed by atoms with Crippen molar-refractivity contribution in [3.05, 3.63) is 23.5 Å². The molecule has 0 aromatic carbocycles. The van der Waals surface area contributed by atoms with Crippen molar-refractivity contribution in [2.45, 2.75) is 38.1 Å². The third-order valence-electron chi connectivity index (χ3n) is 2.73. The van der Waals surface area contributed by atoms with E-state index < -0.39 is 0 Å². The summed E-state index contributed by atoms with van der Waals surface area (Å²) in [5, 5.41) is 10.4. The number of nitrogens with zero attached hydrogens (tertiary/aromatic N) is 2. The van der Waals surface area contributed by atoms with Gasteiger partial charge in [0.1, 0.15) is 5.69 Å². The van der Waals surface area contributed by atoms with Gasteiger partial charge < -0.3 is 5.73 Å². The Balaban J connectivity index is 2.10. The van der Waals surface area contributed by atoms with E-state index >= 15 is 0 Å². The number of nitrogens with two attached hydrogens (primary N) is 1. The van der Waals surface area contributed by atoms with E-state index in [0.717, 1.165) is 18.5 Å². The summed E-state index contributed by atoms with van der Waals surface area (Å²) in [4.78, 5) is 0. The number of aromatic amines is 1. The van der Waals surface area contributed by atoms with Crippen molar-refractivity contribution in [2.24, 2.45) is 5.73 Å². The van der Waals surface area contributed by atoms with Gasteiger partial charge in [0, 0.05) is 0 Å². The summed E-state index contributed by atoms with van der Waals surface area (Å²) >= 11 is 0. The first kappa shape index (κ1) is 9.40. The SMILES string of the molecule is NC(C1=CCCCCC1)c1cn[nH]n1. The van der Waals surface area contributed by atoms with Crippen molar-refractivity contribution in [1.29, 1.82) is 0 Å². The fourth-order valence-electron chi connectivity index (χ4n) is 1.87. The molecule has 4 nitrogen and oxygen atoms in total. The largest absolute Gasteiger partial charge is 0.319 e. The highest BCUT2D eigenvalue weighted by atomic mass is 15.3. The van der Waals surface area contributed by atoms with E-state index in [1.54, 1.807) is 6.20 Å². The van der Waals surface area contributed by atoms with E-state index in [1.807, 2.05) is 0 Å². The minimum Gasteiger partial charge on any atom is -0.319 e. The number of rotatable bonds is 2. The van der Waals surface area contributed by atoms with Gasteiger partial charge in [-0.2, -0.15) is 15.4 Å². The fraction of sp³-hybridized carbons (Fsp3) is 0.600. The van der Waals surface area contributed by atoms with Crippen LogP contribution in [0.5, 0.6) is 0 Å². The summed E-state index contributed by atoms with van der Waals surface area (Å²) in [6.45, 7) is 0. The van der Waals surface area contributed by atoms with Gasteiger partial charge in [0.25, 0.3) is 0 Å². The first-order valence-corrected chi connectivity index (χ1v) is 5.18. The second-order valence-corrected chi connectivity index (χ2v) is 3.75. The normalized spacial score (nSPS) is 19.9. The van der Waals surface area contributed by atoms with E-state index in [2.05, 4.69) is 21.5 Å². The van der Waals surface area contributed by atoms with Gasteiger partial charge in [-0.25, -0.2) is 0 Å². The zero-order chi connectivity index (χ0) is 9.80. The van der Waals surface area contributed by atoms with Crippen molar-refractivity contribution < 1.29 is 0 Å². The number of hydrogen-bond donors (Lipinski definition) is 2. The van der Waals surface area contributed by atoms with E-state index in [4.69, 9.17) is 5.73 Å². The average Bonchev–Trinajstić information content (AvgIpc) is 2.59. The molecular weight excluding hydrogens is 176 g/mol. The second kappa shape index (κ2) is 4.37. The highest BCUT2D eigenvalue weighted by Crippen LogP contribution is 2.25. The Morgan fingerprint density at radius 1 is 1.36 bits per heavy atom. The topological polar surface area (TPSA) is 67.6 Å². The van der Waals surface area contributed by atoms with Gasteiger partial charge in [-0.3, -0.25) is 0 Å². The number of hydrogen-bond acceptors (Lipinski definition) is 3. The van der Waals surface area contributed by atoms with Gasteiger partial charge in [0.15, 0.2) is 0 Å². The third-order valence-corrected chi connectivity index (χ3v) is 2.73. The Morgan fingerprint density at radius 2 is 2.29 bits per heavy atom. The van der Waals surface area contributed by atoms with Crippen LogP contribution in [0.1, 0.15) is 43.8 Å². The lowest BCUT2D eigenvalue weighted by Gasteiger charge is -2.11. The highest BCUT2D eigenvalue weighted by molar-refractivity contribution is 5.19. The first-order valence-electron chi connectivity index (χ1n) is 5.18. The zero-order valence-electron chi connectivity index (χ0n) is 8.24. The average molecular weight is 192 g/mol. The molecule has 1 unspecified atom stereocenters. The molecule has 0 bridgehead atoms. The number of allylic oxidation sites excluding steroid dienone is 1. The van der Waals surface area contributed by atoms with Crippen molar-refractivity contribution in [2.75, 3.05) is 0 Å². The lowest BCUT2D eigenvalue weighted by Crippen LogP contribution is -2.13. The zero-order valence-corrected chi connectivity index (χ0v) is 8.24. The maximum atomic E-state index is 6.09. The minimum absolute atomic E-state index is 0.0631. The molecule has 76 valence electrons. The van der Waals surface area contributed by atoms with Gasteiger partial charge >= 0.3 is 0 Å². The summed E-state index contributed by atoms with van der Waals surface area (Å²) in [6, 6.07) is -0.0631. The van der Waals surface area contributed by atoms with Crippen LogP contribution in [0.2, 0.25) is 0 Å². The summed E-state index contributed by atoms with van der Waals surface area (Å²) in [6.07, 6.45) is 10.1. The molecule has 1 aliphatic rings. The van der Waals surface area contributed by atoms with Crippen LogP contribution in [0.4, 0.5) is 0 Å². The third kappa shape index (κ3) is 2.01. The smallest absolute Gasteiger partial charge is 0.103 e. The Morgan fingerprint density at radius 3 is 3.07 bits per heavy atom. The van der Waals surface area contributed by atoms with Crippen molar-refractivity contribution in [3.63, 3.8) is 0 Å². The van der Waals surface area contributed by atoms with Crippen LogP contribution in [0.3, 0.4) is 0 Å². The molecule has 0 fully saturated rings. The van der Waals surface area contributed by atoms with E-state index in [-0.39, 0.29) is 6.04 Å². The predicted molar refractivity (Wildman–Crippen MR) is 54.5 cm³/mol. The van der Waals surface area contributed by atoms with Crippen LogP contribution in [-0.2, 0) is 0 Å². The van der Waals surface area contributed by atoms with Crippen LogP contribution >= 0.6 is 0 Å². The maximum absolute atomic E-state index is 6.09. The molecule has 0 saturated carbocycles. The molecule has 0 aliphatic heterocycles. The summed E-state index contributed by atoms with van der Waals surface area (Å²) < 4.78 is 0. The predicted octanol–water partition coefficient (Wildman–Crippen LogP) is 1.70. The van der Waals surface area contributed by atoms with Crippen LogP contribution in [0, 0.1) is 0 Å². The highest BCUT2D eigenvalue weighted by Gasteiger charge is 2.15. The maximum Gasteiger partial charge on any atom is 0.103 e. The van der Waals surface area contributed by atoms with Crippen LogP contribution < -0.4 is 5.73 Å². The van der Waals surface area contributed by atoms with Gasteiger partial charge in [-0.15, -0.1) is 0 Å². The molecule has 2 rings (SSSR count). The van der Waals surface area contributed by atoms with E-state index in [9.17, 15) is 0 Å². The molecule has 1 aromatic rings. The van der Waals surface area contributed by atoms with Gasteiger partial charge in [-0.1, -0.05) is 18.1 Å². The molecule has 3 N–H and O–H groups in total. The second-order valence-electron chi connectivity index (χ2n) is 3.75. The molecule has 1 aliphatic carbocycles. The Kier molecular flexibility index (Phi) is 2.93. The molecule has 4 heteroatoms. The van der Waals surface area contributed by atoms with E-state index in [0.29, 0.717) is 0 Å². The van der Waals surface area contributed by atoms with Crippen molar-refractivity contribution in [1.82, 2.24) is 15.4 Å². The molecule has 1 atom stereocenters. The molecule has 0 amide bonds. The minimum atomic E-state index is -0.0631. The molecule has 0 saturated heterocycles. The lowest BCUT2D eigenvalue weighted by molar-refractivity contribution is 0.681. The fourth-order valence-corrected chi connectivity index (χ4v) is 1.87. The molecule has 0 spiro atoms. The van der Waals surface area contributed by atoms with Gasteiger partial charge in [0.2, 0.25) is 0 Å². The van der Waals surface area contributed by atoms with Crippen LogP contribution in [-0.4, -0.2) is 15.4 Å². The molecule has 1 heterocycles. The van der Waals surface area contributed by atoms with Crippen LogP contribution in [0.25, 0.3) is 0 Å². The van der Waals surface area contributed by atoms with Crippen molar-refractivity contribution in [3.8, 4) is 0 Å². The first-order chi connectivity index (χ1) is 6.88. The summed E-state index contributed by atoms with van der Waals surface area (Å²) in [5.41, 5.74) is 8.25. The standard InChI is InChI=1S/C10H16N4/c11-10(9-7-12-14-13-9)8-5-3-1-2-4-6-8/h5,7,10H,1-4,6,11H2,(H,12,13,14). The van der Waals surface area contributed by atoms with Gasteiger partial charge in [-0.05, 0) is 25.7 Å². The summed E-state index contributed by atoms with van der Waals surface area (Å²) in [5.74, 6) is 0. The molecular formula is C10H16N4. The monoisotopic (exact) mass is 192 g/mol. The molecule has 1 aromatic heterocycles. The number of aromatic nitrogens is 3. The van der Waals surface area contributed by atoms with E-state index in [1.165, 1.54) is 24.8 Å². The van der Waals surface area contributed by atoms with Crippen molar-refractivity contribution >= 4 is 0 Å². The Bertz CT molecular complexity index is 302. The quantitative estimate of drug-likeness (QED) is 0.701. The number of H-pyrrole nitrogens is 1. The van der Waals surface area contributed by atoms with Crippen LogP contribution in [0.15, 0.2) is 17.8 Å². The Hall–Kier alpha value is -1.16. The summed E-state index contributed by atoms with van der Waals surface area (Å²) in [7, 11) is 0. The van der Waals surface area contributed by atoms with Gasteiger partial charge in [0.05, 0.1) is 12.2 Å². The Labute approximate surface area is 83.6 Å². The number of nitrogens with one attached hydrogen (secondary N) is 1. The lowest BCUT2D eigenvalue weighted by atomic mass is 10.0. The molecule has 14 heavy (non-hydrogen) atoms. The molecule has 0 radical (unpaired) electrons.